The molecule has 0 bridgehead atoms. The van der Waals surface area contributed by atoms with Crippen molar-refractivity contribution in [1.82, 2.24) is 10.6 Å². The fraction of sp³-hybridized carbons (Fsp3) is 0.623. The molecule has 17 atom stereocenters. The van der Waals surface area contributed by atoms with Crippen molar-refractivity contribution < 1.29 is 134 Å². The third-order valence-corrected chi connectivity index (χ3v) is 15.7. The molecule has 0 spiro atoms. The van der Waals surface area contributed by atoms with Crippen LogP contribution in [-0.2, 0) is 130 Å². The molecule has 3 N–H and O–H groups in total. The predicted octanol–water partition coefficient (Wildman–Crippen LogP) is 2.21. The van der Waals surface area contributed by atoms with E-state index in [1.54, 1.807) is 55.5 Å². The van der Waals surface area contributed by atoms with E-state index < -0.39 is 210 Å². The number of hydrogen-bond donors (Lipinski definition) is 3. The van der Waals surface area contributed by atoms with Crippen molar-refractivity contribution in [3.05, 3.63) is 71.8 Å². The van der Waals surface area contributed by atoms with Crippen molar-refractivity contribution in [1.29, 1.82) is 0 Å². The third kappa shape index (κ3) is 22.7. The summed E-state index contributed by atoms with van der Waals surface area (Å²) >= 11 is 0. The first-order valence-electron chi connectivity index (χ1n) is 29.7. The van der Waals surface area contributed by atoms with E-state index in [1.165, 1.54) is 19.1 Å². The maximum Gasteiger partial charge on any atom is 0.367 e. The minimum Gasteiger partial charge on any atom is -0.464 e. The molecule has 0 aromatic heterocycles. The van der Waals surface area contributed by atoms with Gasteiger partial charge in [0.15, 0.2) is 43.1 Å². The highest BCUT2D eigenvalue weighted by Gasteiger charge is 2.64. The average molecular weight is 1320 g/mol. The molecule has 0 aliphatic carbocycles. The van der Waals surface area contributed by atoms with E-state index in [-0.39, 0.29) is 18.8 Å². The zero-order valence-electron chi connectivity index (χ0n) is 53.6. The summed E-state index contributed by atoms with van der Waals surface area (Å²) in [4.78, 5) is 148. The predicted molar refractivity (Wildman–Crippen MR) is 314 cm³/mol. The van der Waals surface area contributed by atoms with Gasteiger partial charge in [-0.1, -0.05) is 68.2 Å². The minimum absolute atomic E-state index is 0.00677. The number of benzene rings is 2. The van der Waals surface area contributed by atoms with Crippen LogP contribution in [0, 0.1) is 0 Å². The Hall–Kier alpha value is -7.49. The number of aliphatic hydroxyl groups is 1. The van der Waals surface area contributed by atoms with Crippen LogP contribution in [0.4, 0.5) is 0 Å². The van der Waals surface area contributed by atoms with Gasteiger partial charge in [-0.15, -0.1) is 0 Å². The molecule has 2 amide bonds. The molecule has 0 radical (unpaired) electrons. The summed E-state index contributed by atoms with van der Waals surface area (Å²) in [6.45, 7) is 14.3. The molecule has 5 rings (SSSR count). The highest BCUT2D eigenvalue weighted by atomic mass is 28.3. The zero-order chi connectivity index (χ0) is 68.2. The van der Waals surface area contributed by atoms with Gasteiger partial charge in [0.2, 0.25) is 11.8 Å². The number of nitrogens with one attached hydrogen (secondary N) is 2. The van der Waals surface area contributed by atoms with Crippen molar-refractivity contribution in [3.63, 3.8) is 0 Å². The average Bonchev–Trinajstić information content (AvgIpc) is 0.755. The molecule has 3 saturated heterocycles. The maximum atomic E-state index is 15.7. The minimum atomic E-state index is -3.21. The lowest BCUT2D eigenvalue weighted by Crippen LogP contribution is -2.72. The normalized spacial score (nSPS) is 27.2. The third-order valence-electron chi connectivity index (χ3n) is 14.0. The number of esters is 9. The van der Waals surface area contributed by atoms with Crippen LogP contribution in [0.3, 0.4) is 0 Å². The summed E-state index contributed by atoms with van der Waals surface area (Å²) in [5.74, 6) is -14.4. The van der Waals surface area contributed by atoms with Crippen LogP contribution in [0.2, 0.25) is 25.7 Å². The second-order valence-electron chi connectivity index (χ2n) is 23.0. The van der Waals surface area contributed by atoms with E-state index in [4.69, 9.17) is 75.8 Å². The molecular formula is C61H84N2O28Si. The van der Waals surface area contributed by atoms with Gasteiger partial charge in [-0.3, -0.25) is 38.4 Å². The summed E-state index contributed by atoms with van der Waals surface area (Å²) < 4.78 is 97.0. The summed E-state index contributed by atoms with van der Waals surface area (Å²) in [6.07, 6.45) is -27.6. The van der Waals surface area contributed by atoms with Gasteiger partial charge in [0, 0.05) is 70.1 Å². The van der Waals surface area contributed by atoms with Crippen molar-refractivity contribution >= 4 is 73.6 Å². The van der Waals surface area contributed by atoms with E-state index in [0.29, 0.717) is 11.6 Å². The van der Waals surface area contributed by atoms with E-state index in [1.807, 2.05) is 0 Å². The molecule has 92 heavy (non-hydrogen) atoms. The number of amides is 2. The Morgan fingerprint density at radius 2 is 1.23 bits per heavy atom. The standard InChI is InChI=1S/C61H84N2O28Si/c1-14-76-56(73)32(2)78-29-44-49(72)52(48(63-34(4)65)58(87-44)77-25-26-92(11,12)13)89-59-55(86-40(10)71)54(51(85-39(9)70)46(88-59)31-80-57(74)42-23-19-16-20-24-42)91-61(60(75)81-28-41-21-17-15-18-22-41)27-43(82-36(6)67)47(62-33(3)64)53(90-61)50(84-38(8)69)45(83-37(7)68)30-79-35(5)66/h15-24,32,43-55,58-59,72H,14,25-31H2,1-13H3,(H,62,64)(H,63,65)/t32-,43+,44-,45-,46-,47-,48-,49+,50-,51+,52-,53-,54+,55-,58-,59+,61+/m1/s1. The summed E-state index contributed by atoms with van der Waals surface area (Å²) in [5.41, 5.74) is 0.390. The molecule has 3 aliphatic rings. The van der Waals surface area contributed by atoms with Crippen LogP contribution < -0.4 is 10.6 Å². The smallest absolute Gasteiger partial charge is 0.367 e. The zero-order valence-corrected chi connectivity index (χ0v) is 54.6. The topological polar surface area (TPSA) is 380 Å². The number of ether oxygens (including phenoxy) is 16. The van der Waals surface area contributed by atoms with E-state index >= 15 is 4.79 Å². The fourth-order valence-corrected chi connectivity index (χ4v) is 10.8. The monoisotopic (exact) mass is 1320 g/mol. The van der Waals surface area contributed by atoms with Gasteiger partial charge in [0.1, 0.15) is 68.6 Å². The summed E-state index contributed by atoms with van der Waals surface area (Å²) in [7, 11) is -1.87. The molecule has 31 heteroatoms. The van der Waals surface area contributed by atoms with E-state index in [0.717, 1.165) is 55.4 Å². The Kier molecular flexibility index (Phi) is 28.6. The number of rotatable bonds is 30. The lowest BCUT2D eigenvalue weighted by atomic mass is 9.87. The SMILES string of the molecule is CCOC(=O)[C@@H](C)OC[C@H]1O[C@@H](OCC[Si](C)(C)C)[C@H](NC(C)=O)[C@@H](O[C@@H]2O[C@H](COC(=O)c3ccccc3)[C@H](OC(C)=O)[C@H](O[C@]3(C(=O)OCc4ccccc4)C[C@H](OC(C)=O)[C@@H](NC(C)=O)[C@H]([C@H](OC(C)=O)[C@@H](COC(C)=O)OC(C)=O)O3)[C@H]2OC(C)=O)[C@H]1O. The Bertz CT molecular complexity index is 2860. The fourth-order valence-electron chi connectivity index (χ4n) is 10.1. The number of carbonyl (C=O) groups is 11. The van der Waals surface area contributed by atoms with Crippen LogP contribution in [0.15, 0.2) is 60.7 Å². The van der Waals surface area contributed by atoms with Gasteiger partial charge in [-0.25, -0.2) is 14.4 Å². The number of carbonyl (C=O) groups excluding carboxylic acids is 11. The molecule has 3 fully saturated rings. The molecule has 3 heterocycles. The molecular weight excluding hydrogens is 1240 g/mol. The van der Waals surface area contributed by atoms with Crippen molar-refractivity contribution in [2.45, 2.75) is 212 Å². The quantitative estimate of drug-likeness (QED) is 0.0573. The number of hydrogen-bond acceptors (Lipinski definition) is 28. The van der Waals surface area contributed by atoms with Gasteiger partial charge < -0.3 is 91.5 Å². The lowest BCUT2D eigenvalue weighted by molar-refractivity contribution is -0.382. The molecule has 2 aromatic carbocycles. The summed E-state index contributed by atoms with van der Waals surface area (Å²) in [5, 5.41) is 17.8. The highest BCUT2D eigenvalue weighted by molar-refractivity contribution is 6.76. The molecule has 2 aromatic rings. The van der Waals surface area contributed by atoms with Crippen LogP contribution in [0.1, 0.15) is 91.6 Å². The van der Waals surface area contributed by atoms with Crippen molar-refractivity contribution in [3.8, 4) is 0 Å². The van der Waals surface area contributed by atoms with Crippen LogP contribution in [-0.4, -0.2) is 215 Å². The first-order valence-corrected chi connectivity index (χ1v) is 33.4. The molecule has 30 nitrogen and oxygen atoms in total. The Morgan fingerprint density at radius 1 is 0.641 bits per heavy atom. The Morgan fingerprint density at radius 3 is 1.79 bits per heavy atom. The highest BCUT2D eigenvalue weighted by Crippen LogP contribution is 2.42. The van der Waals surface area contributed by atoms with Crippen molar-refractivity contribution in [2.75, 3.05) is 33.0 Å². The van der Waals surface area contributed by atoms with Gasteiger partial charge >= 0.3 is 53.7 Å². The van der Waals surface area contributed by atoms with Gasteiger partial charge in [0.25, 0.3) is 5.79 Å². The second kappa shape index (κ2) is 35.0. The van der Waals surface area contributed by atoms with Crippen LogP contribution in [0.25, 0.3) is 0 Å². The maximum absolute atomic E-state index is 15.7. The molecule has 0 unspecified atom stereocenters. The van der Waals surface area contributed by atoms with E-state index in [9.17, 15) is 53.1 Å². The molecule has 0 saturated carbocycles. The number of aliphatic hydroxyl groups excluding tert-OH is 1. The first kappa shape index (κ1) is 75.2. The molecule has 3 aliphatic heterocycles. The molecule has 510 valence electrons. The largest absolute Gasteiger partial charge is 0.464 e. The Labute approximate surface area is 532 Å². The lowest BCUT2D eigenvalue weighted by Gasteiger charge is -2.52. The second-order valence-corrected chi connectivity index (χ2v) is 28.6. The van der Waals surface area contributed by atoms with Crippen LogP contribution >= 0.6 is 0 Å². The van der Waals surface area contributed by atoms with Gasteiger partial charge in [-0.2, -0.15) is 0 Å². The van der Waals surface area contributed by atoms with Crippen LogP contribution in [0.5, 0.6) is 0 Å². The van der Waals surface area contributed by atoms with Gasteiger partial charge in [-0.05, 0) is 37.6 Å². The van der Waals surface area contributed by atoms with Gasteiger partial charge in [0.05, 0.1) is 31.2 Å². The first-order chi connectivity index (χ1) is 43.3. The summed E-state index contributed by atoms with van der Waals surface area (Å²) in [6, 6.07) is 12.9. The van der Waals surface area contributed by atoms with Crippen molar-refractivity contribution in [2.24, 2.45) is 0 Å². The van der Waals surface area contributed by atoms with E-state index in [2.05, 4.69) is 30.3 Å². The Balaban J connectivity index is 1.85.